The maximum absolute atomic E-state index is 13.9. The molecule has 0 saturated heterocycles. The summed E-state index contributed by atoms with van der Waals surface area (Å²) in [6.45, 7) is 0. The number of hydrogen-bond donors (Lipinski definition) is 14. The standard InChI is InChI=1S/C58H38Cl2N14O26S8/c59-53-65-55(61-27-7-11-31-25(19-27)21-45(105(89,90)91)47(49(31)75)73-71-39-17-15-35-37(51(39)107(95,96)97)3-1-5-41(35)101(77,78)79)69-57(67-53)63-29-9-13-33(43(23-29)103(83,84)85)34-14-10-30(24-44(34)104(86,87)88)64-58-68-54(60)66-56(70-58)62-28-8-12-32-26(20-28)22-46(106(92,93)94)48(50(32)76)74-72-40-18-16-36-38(52(40)108(98,99)100)4-2-6-42(36)102(80,81)82/h1-24,71-72H,(H,77,78,79)(H,80,81,82)(H,83,84,85)(H,86,87,88)(H,89,90,91)(H,92,93,94)(H,95,96,97)(H,98,99,100)(H2,61,63,65,67,69)(H2,62,64,66,68,70)/b73-47+,74-48+. The Bertz CT molecular complexity index is 6610. The van der Waals surface area contributed by atoms with Crippen LogP contribution in [0.25, 0.3) is 44.8 Å². The maximum atomic E-state index is 13.9. The summed E-state index contributed by atoms with van der Waals surface area (Å²) in [5, 5.41) is 10.4. The number of aromatic amines is 2. The van der Waals surface area contributed by atoms with Gasteiger partial charge in [-0.2, -0.15) is 97.5 Å². The third-order valence-electron chi connectivity index (χ3n) is 15.2. The number of Topliss-reactive ketones (excluding diaryl/α,β-unsaturated/α-hetero) is 2. The Morgan fingerprint density at radius 3 is 1.05 bits per heavy atom. The van der Waals surface area contributed by atoms with Gasteiger partial charge in [-0.3, -0.25) is 66.8 Å². The Kier molecular flexibility index (Phi) is 19.7. The first kappa shape index (κ1) is 76.8. The molecule has 0 saturated carbocycles. The highest BCUT2D eigenvalue weighted by molar-refractivity contribution is 7.91. The van der Waals surface area contributed by atoms with Crippen molar-refractivity contribution in [2.75, 3.05) is 21.5 Å². The van der Waals surface area contributed by atoms with Gasteiger partial charge in [0.15, 0.2) is 11.4 Å². The third-order valence-corrected chi connectivity index (χ3v) is 22.8. The average molecular weight is 1670 g/mol. The number of hydrogen-bond acceptors (Lipinski definition) is 30. The SMILES string of the molecule is O=C1/C(=N/Nc2ccc3c(S(=O)(=O)O)cccc3c2S(=O)(=O)O)C(S(=O)(=O)O)=Cc2cc(Nc3nc(Cl)[nH]c(=Nc4ccc(-c5ccc(N=c6nc(Nc7ccc8c(c7)C=C(S(=O)(=O)O)/C(=N\Nc7ccc9c(S(=O)(=O)O)cccc9c7S(=O)(=O)O)C8=O)nc(Cl)[nH]6)cc5S(=O)(=O)O)c(S(=O)(=O)O)c4)n3)ccc21. The topological polar surface area (TPSA) is 650 Å². The van der Waals surface area contributed by atoms with Gasteiger partial charge in [-0.1, -0.05) is 48.5 Å². The minimum Gasteiger partial charge on any atom is -0.324 e. The Morgan fingerprint density at radius 1 is 0.361 bits per heavy atom. The largest absolute Gasteiger partial charge is 0.324 e. The molecule has 2 aliphatic rings. The van der Waals surface area contributed by atoms with Crippen LogP contribution in [-0.4, -0.2) is 157 Å². The molecule has 12 rings (SSSR count). The smallest absolute Gasteiger partial charge is 0.297 e. The van der Waals surface area contributed by atoms with E-state index in [-0.39, 0.29) is 67.7 Å². The number of H-pyrrole nitrogens is 2. The van der Waals surface area contributed by atoms with Gasteiger partial charge in [0.1, 0.15) is 39.2 Å². The van der Waals surface area contributed by atoms with Crippen molar-refractivity contribution in [3.63, 3.8) is 0 Å². The number of fused-ring (bicyclic) bond motifs is 4. The van der Waals surface area contributed by atoms with Crippen LogP contribution in [0.1, 0.15) is 31.8 Å². The molecule has 0 radical (unpaired) electrons. The van der Waals surface area contributed by atoms with E-state index in [2.05, 4.69) is 71.6 Å². The van der Waals surface area contributed by atoms with Crippen LogP contribution in [0.4, 0.5) is 46.0 Å². The molecule has 0 unspecified atom stereocenters. The predicted octanol–water partition coefficient (Wildman–Crippen LogP) is 6.42. The van der Waals surface area contributed by atoms with Crippen molar-refractivity contribution in [3.8, 4) is 11.1 Å². The van der Waals surface area contributed by atoms with E-state index in [0.717, 1.165) is 121 Å². The van der Waals surface area contributed by atoms with Gasteiger partial charge >= 0.3 is 0 Å². The molecule has 0 atom stereocenters. The van der Waals surface area contributed by atoms with Crippen LogP contribution in [0.2, 0.25) is 10.6 Å². The van der Waals surface area contributed by atoms with Crippen LogP contribution in [-0.2, 0) is 80.9 Å². The first-order chi connectivity index (χ1) is 50.2. The van der Waals surface area contributed by atoms with Gasteiger partial charge in [-0.25, -0.2) is 9.98 Å². The van der Waals surface area contributed by atoms with Gasteiger partial charge in [-0.15, -0.1) is 0 Å². The van der Waals surface area contributed by atoms with Gasteiger partial charge in [0.2, 0.25) is 45.3 Å². The number of allylic oxidation sites excluding steroid dienone is 2. The zero-order chi connectivity index (χ0) is 78.5. The van der Waals surface area contributed by atoms with E-state index in [0.29, 0.717) is 0 Å². The van der Waals surface area contributed by atoms with Crippen molar-refractivity contribution >= 4 is 207 Å². The monoisotopic (exact) mass is 1670 g/mol. The lowest BCUT2D eigenvalue weighted by atomic mass is 9.94. The summed E-state index contributed by atoms with van der Waals surface area (Å²) in [5.74, 6) is -3.13. The Morgan fingerprint density at radius 2 is 0.713 bits per heavy atom. The number of nitrogens with one attached hydrogen (secondary N) is 6. The number of benzene rings is 8. The molecule has 8 aromatic carbocycles. The number of rotatable bonds is 19. The molecule has 14 N–H and O–H groups in total. The highest BCUT2D eigenvalue weighted by atomic mass is 35.5. The van der Waals surface area contributed by atoms with Crippen LogP contribution in [0.3, 0.4) is 0 Å². The Balaban J connectivity index is 0.798. The van der Waals surface area contributed by atoms with E-state index in [1.807, 2.05) is 0 Å². The molecule has 0 aliphatic heterocycles. The molecule has 2 aromatic heterocycles. The van der Waals surface area contributed by atoms with Crippen molar-refractivity contribution in [2.24, 2.45) is 20.2 Å². The lowest BCUT2D eigenvalue weighted by Gasteiger charge is -2.18. The molecule has 10 aromatic rings. The van der Waals surface area contributed by atoms with E-state index >= 15 is 0 Å². The normalized spacial score (nSPS) is 15.1. The van der Waals surface area contributed by atoms with Crippen molar-refractivity contribution in [1.82, 2.24) is 29.9 Å². The lowest BCUT2D eigenvalue weighted by Crippen LogP contribution is -2.27. The molecule has 2 heterocycles. The molecule has 2 aliphatic carbocycles. The molecular formula is C58H38Cl2N14O26S8. The number of halogens is 2. The van der Waals surface area contributed by atoms with Crippen molar-refractivity contribution in [1.29, 1.82) is 0 Å². The summed E-state index contributed by atoms with van der Waals surface area (Å²) < 4.78 is 284. The minimum absolute atomic E-state index is 0.00733. The van der Waals surface area contributed by atoms with Gasteiger partial charge in [0.25, 0.3) is 80.9 Å². The highest BCUT2D eigenvalue weighted by Gasteiger charge is 2.36. The molecular weight excluding hydrogens is 1640 g/mol. The second-order valence-corrected chi connectivity index (χ2v) is 34.0. The van der Waals surface area contributed by atoms with Gasteiger partial charge in [0.05, 0.1) is 22.7 Å². The predicted molar refractivity (Wildman–Crippen MR) is 381 cm³/mol. The fraction of sp³-hybridized carbons (Fsp3) is 0. The maximum Gasteiger partial charge on any atom is 0.297 e. The molecule has 108 heavy (non-hydrogen) atoms. The van der Waals surface area contributed by atoms with Crippen LogP contribution in [0.15, 0.2) is 193 Å². The summed E-state index contributed by atoms with van der Waals surface area (Å²) >= 11 is 12.6. The summed E-state index contributed by atoms with van der Waals surface area (Å²) in [6.07, 6.45) is 1.59. The molecule has 50 heteroatoms. The number of hydrazone groups is 2. The second-order valence-electron chi connectivity index (χ2n) is 22.2. The summed E-state index contributed by atoms with van der Waals surface area (Å²) in [4.78, 5) is 49.8. The number of carbonyl (C=O) groups excluding carboxylic acids is 2. The van der Waals surface area contributed by atoms with Crippen molar-refractivity contribution in [2.45, 2.75) is 29.4 Å². The Hall–Kier alpha value is -10.9. The minimum atomic E-state index is -5.37. The van der Waals surface area contributed by atoms with E-state index in [4.69, 9.17) is 23.2 Å². The Labute approximate surface area is 615 Å². The summed E-state index contributed by atoms with van der Waals surface area (Å²) in [7, 11) is -41.9. The number of ketones is 2. The fourth-order valence-electron chi connectivity index (χ4n) is 10.9. The number of carbonyl (C=O) groups is 2. The quantitative estimate of drug-likeness (QED) is 0.0306. The molecule has 0 spiro atoms. The molecule has 0 bridgehead atoms. The first-order valence-corrected chi connectivity index (χ1v) is 41.1. The lowest BCUT2D eigenvalue weighted by molar-refractivity contribution is 0.105. The zero-order valence-corrected chi connectivity index (χ0v) is 60.4. The molecule has 0 amide bonds. The van der Waals surface area contributed by atoms with E-state index in [9.17, 15) is 113 Å². The number of anilines is 6. The molecule has 558 valence electrons. The third kappa shape index (κ3) is 16.1. The van der Waals surface area contributed by atoms with Crippen molar-refractivity contribution in [3.05, 3.63) is 187 Å². The number of nitrogens with zero attached hydrogens (tertiary/aromatic N) is 8. The van der Waals surface area contributed by atoms with E-state index in [1.165, 1.54) is 24.3 Å². The van der Waals surface area contributed by atoms with Gasteiger partial charge < -0.3 is 10.6 Å². The van der Waals surface area contributed by atoms with Gasteiger partial charge in [0, 0.05) is 55.2 Å². The van der Waals surface area contributed by atoms with Crippen LogP contribution in [0, 0.1) is 0 Å². The van der Waals surface area contributed by atoms with Crippen molar-refractivity contribution < 1.29 is 113 Å². The van der Waals surface area contributed by atoms with E-state index < -0.39 is 198 Å². The van der Waals surface area contributed by atoms with Crippen LogP contribution < -0.4 is 32.7 Å². The second kappa shape index (κ2) is 27.7. The molecule has 40 nitrogen and oxygen atoms in total. The summed E-state index contributed by atoms with van der Waals surface area (Å²) in [6, 6.07) is 22.6. The summed E-state index contributed by atoms with van der Waals surface area (Å²) in [5.41, 5.74) is -2.51. The van der Waals surface area contributed by atoms with E-state index in [1.54, 1.807) is 0 Å². The highest BCUT2D eigenvalue weighted by Crippen LogP contribution is 2.40. The zero-order valence-electron chi connectivity index (χ0n) is 52.4. The van der Waals surface area contributed by atoms with Crippen LogP contribution in [0.5, 0.6) is 0 Å². The first-order valence-electron chi connectivity index (χ1n) is 28.8. The van der Waals surface area contributed by atoms with Gasteiger partial charge in [-0.05, 0) is 131 Å². The molecule has 0 fully saturated rings. The number of aromatic nitrogens is 6. The van der Waals surface area contributed by atoms with Crippen LogP contribution >= 0.6 is 23.2 Å². The fourth-order valence-corrected chi connectivity index (χ4v) is 17.1. The average Bonchev–Trinajstić information content (AvgIpc) is 0.762.